The zero-order chi connectivity index (χ0) is 17.2. The van der Waals surface area contributed by atoms with Crippen LogP contribution in [0.2, 0.25) is 0 Å². The standard InChI is InChI=1S/C16H17N7O2/c1-11-18-16(25-19-11)13-6-7-22(9-13)15(24)8-12-2-4-14(5-3-12)23-10-17-20-21-23/h2-5,10,13H,6-9H2,1H3. The highest BCUT2D eigenvalue weighted by Crippen LogP contribution is 2.26. The van der Waals surface area contributed by atoms with Crippen LogP contribution in [0.3, 0.4) is 0 Å². The Morgan fingerprint density at radius 1 is 1.32 bits per heavy atom. The molecular formula is C16H17N7O2. The van der Waals surface area contributed by atoms with Crippen molar-refractivity contribution < 1.29 is 9.32 Å². The summed E-state index contributed by atoms with van der Waals surface area (Å²) in [5.41, 5.74) is 1.81. The number of aryl methyl sites for hydroxylation is 1. The van der Waals surface area contributed by atoms with Gasteiger partial charge in [0.1, 0.15) is 6.33 Å². The second kappa shape index (κ2) is 6.42. The number of aromatic nitrogens is 6. The van der Waals surface area contributed by atoms with Gasteiger partial charge in [0, 0.05) is 13.1 Å². The Kier molecular flexibility index (Phi) is 3.96. The molecule has 0 aliphatic carbocycles. The van der Waals surface area contributed by atoms with Crippen LogP contribution in [0, 0.1) is 6.92 Å². The van der Waals surface area contributed by atoms with Crippen LogP contribution in [0.15, 0.2) is 35.1 Å². The molecule has 2 aromatic heterocycles. The molecule has 0 N–H and O–H groups in total. The minimum atomic E-state index is 0.105. The summed E-state index contributed by atoms with van der Waals surface area (Å²) in [5, 5.41) is 14.9. The Hall–Kier alpha value is -3.10. The van der Waals surface area contributed by atoms with Crippen molar-refractivity contribution in [2.75, 3.05) is 13.1 Å². The van der Waals surface area contributed by atoms with Crippen molar-refractivity contribution in [1.29, 1.82) is 0 Å². The molecule has 1 unspecified atom stereocenters. The van der Waals surface area contributed by atoms with Gasteiger partial charge in [-0.25, -0.2) is 4.68 Å². The molecule has 1 fully saturated rings. The van der Waals surface area contributed by atoms with Crippen molar-refractivity contribution >= 4 is 5.91 Å². The maximum atomic E-state index is 12.5. The summed E-state index contributed by atoms with van der Waals surface area (Å²) in [5.74, 6) is 1.49. The number of nitrogens with zero attached hydrogens (tertiary/aromatic N) is 7. The molecule has 0 spiro atoms. The van der Waals surface area contributed by atoms with Gasteiger partial charge in [0.15, 0.2) is 5.82 Å². The van der Waals surface area contributed by atoms with Gasteiger partial charge < -0.3 is 9.42 Å². The first-order valence-electron chi connectivity index (χ1n) is 8.09. The first-order chi connectivity index (χ1) is 12.2. The normalized spacial score (nSPS) is 17.2. The molecular weight excluding hydrogens is 322 g/mol. The maximum Gasteiger partial charge on any atom is 0.231 e. The molecule has 128 valence electrons. The summed E-state index contributed by atoms with van der Waals surface area (Å²) in [6.07, 6.45) is 2.75. The van der Waals surface area contributed by atoms with Gasteiger partial charge in [0.25, 0.3) is 0 Å². The molecule has 0 saturated carbocycles. The average Bonchev–Trinajstić information content (AvgIpc) is 3.36. The summed E-state index contributed by atoms with van der Waals surface area (Å²) in [6, 6.07) is 7.63. The van der Waals surface area contributed by atoms with Gasteiger partial charge in [-0.15, -0.1) is 5.10 Å². The van der Waals surface area contributed by atoms with E-state index < -0.39 is 0 Å². The van der Waals surface area contributed by atoms with E-state index in [0.717, 1.165) is 17.7 Å². The predicted octanol–water partition coefficient (Wildman–Crippen LogP) is 0.912. The summed E-state index contributed by atoms with van der Waals surface area (Å²) >= 11 is 0. The van der Waals surface area contributed by atoms with E-state index in [1.54, 1.807) is 11.6 Å². The molecule has 1 atom stereocenters. The van der Waals surface area contributed by atoms with Crippen LogP contribution >= 0.6 is 0 Å². The average molecular weight is 339 g/mol. The molecule has 1 amide bonds. The maximum absolute atomic E-state index is 12.5. The lowest BCUT2D eigenvalue weighted by Crippen LogP contribution is -2.29. The van der Waals surface area contributed by atoms with Gasteiger partial charge in [0.2, 0.25) is 11.8 Å². The second-order valence-corrected chi connectivity index (χ2v) is 6.10. The Bertz CT molecular complexity index is 857. The molecule has 3 heterocycles. The van der Waals surface area contributed by atoms with E-state index in [-0.39, 0.29) is 11.8 Å². The van der Waals surface area contributed by atoms with Crippen LogP contribution in [0.25, 0.3) is 5.69 Å². The highest BCUT2D eigenvalue weighted by atomic mass is 16.5. The third-order valence-electron chi connectivity index (χ3n) is 4.34. The van der Waals surface area contributed by atoms with E-state index in [1.807, 2.05) is 29.2 Å². The number of carbonyl (C=O) groups excluding carboxylic acids is 1. The number of benzene rings is 1. The lowest BCUT2D eigenvalue weighted by atomic mass is 10.1. The smallest absolute Gasteiger partial charge is 0.231 e. The molecule has 1 saturated heterocycles. The topological polar surface area (TPSA) is 103 Å². The number of hydrogen-bond donors (Lipinski definition) is 0. The van der Waals surface area contributed by atoms with Crippen molar-refractivity contribution in [2.24, 2.45) is 0 Å². The first kappa shape index (κ1) is 15.4. The highest BCUT2D eigenvalue weighted by molar-refractivity contribution is 5.79. The molecule has 0 radical (unpaired) electrons. The fourth-order valence-corrected chi connectivity index (χ4v) is 3.00. The number of hydrogen-bond acceptors (Lipinski definition) is 7. The lowest BCUT2D eigenvalue weighted by molar-refractivity contribution is -0.129. The predicted molar refractivity (Wildman–Crippen MR) is 85.8 cm³/mol. The summed E-state index contributed by atoms with van der Waals surface area (Å²) < 4.78 is 6.80. The Morgan fingerprint density at radius 2 is 2.16 bits per heavy atom. The Morgan fingerprint density at radius 3 is 2.84 bits per heavy atom. The summed E-state index contributed by atoms with van der Waals surface area (Å²) in [7, 11) is 0. The van der Waals surface area contributed by atoms with Gasteiger partial charge in [-0.2, -0.15) is 4.98 Å². The van der Waals surface area contributed by atoms with E-state index >= 15 is 0 Å². The Labute approximate surface area is 143 Å². The van der Waals surface area contributed by atoms with Gasteiger partial charge in [-0.3, -0.25) is 4.79 Å². The molecule has 4 rings (SSSR count). The van der Waals surface area contributed by atoms with Crippen molar-refractivity contribution in [1.82, 2.24) is 35.2 Å². The first-order valence-corrected chi connectivity index (χ1v) is 8.09. The number of amides is 1. The third-order valence-corrected chi connectivity index (χ3v) is 4.34. The number of tetrazole rings is 1. The van der Waals surface area contributed by atoms with Crippen molar-refractivity contribution in [3.63, 3.8) is 0 Å². The molecule has 1 aromatic carbocycles. The van der Waals surface area contributed by atoms with Crippen LogP contribution in [-0.2, 0) is 11.2 Å². The quantitative estimate of drug-likeness (QED) is 0.696. The highest BCUT2D eigenvalue weighted by Gasteiger charge is 2.30. The third kappa shape index (κ3) is 3.25. The minimum absolute atomic E-state index is 0.105. The van der Waals surface area contributed by atoms with Crippen LogP contribution in [0.1, 0.15) is 29.6 Å². The fourth-order valence-electron chi connectivity index (χ4n) is 3.00. The lowest BCUT2D eigenvalue weighted by Gasteiger charge is -2.16. The molecule has 3 aromatic rings. The summed E-state index contributed by atoms with van der Waals surface area (Å²) in [4.78, 5) is 18.7. The SMILES string of the molecule is Cc1noc(C2CCN(C(=O)Cc3ccc(-n4cnnn4)cc3)C2)n1. The molecule has 1 aliphatic rings. The molecule has 0 bridgehead atoms. The molecule has 9 heteroatoms. The molecule has 25 heavy (non-hydrogen) atoms. The molecule has 9 nitrogen and oxygen atoms in total. The summed E-state index contributed by atoms with van der Waals surface area (Å²) in [6.45, 7) is 3.14. The van der Waals surface area contributed by atoms with Crippen LogP contribution in [-0.4, -0.2) is 54.2 Å². The van der Waals surface area contributed by atoms with Gasteiger partial charge in [-0.05, 0) is 41.5 Å². The van der Waals surface area contributed by atoms with Crippen LogP contribution in [0.4, 0.5) is 0 Å². The molecule has 1 aliphatic heterocycles. The van der Waals surface area contributed by atoms with Gasteiger partial charge in [0.05, 0.1) is 18.0 Å². The van der Waals surface area contributed by atoms with E-state index in [0.29, 0.717) is 31.2 Å². The van der Waals surface area contributed by atoms with Crippen molar-refractivity contribution in [3.05, 3.63) is 47.9 Å². The zero-order valence-electron chi connectivity index (χ0n) is 13.7. The fraction of sp³-hybridized carbons (Fsp3) is 0.375. The van der Waals surface area contributed by atoms with Crippen molar-refractivity contribution in [3.8, 4) is 5.69 Å². The minimum Gasteiger partial charge on any atom is -0.342 e. The van der Waals surface area contributed by atoms with E-state index in [4.69, 9.17) is 4.52 Å². The van der Waals surface area contributed by atoms with Crippen LogP contribution in [0.5, 0.6) is 0 Å². The zero-order valence-corrected chi connectivity index (χ0v) is 13.7. The largest absolute Gasteiger partial charge is 0.342 e. The van der Waals surface area contributed by atoms with Crippen LogP contribution < -0.4 is 0 Å². The van der Waals surface area contributed by atoms with E-state index in [1.165, 1.54) is 6.33 Å². The van der Waals surface area contributed by atoms with E-state index in [9.17, 15) is 4.79 Å². The van der Waals surface area contributed by atoms with E-state index in [2.05, 4.69) is 25.7 Å². The second-order valence-electron chi connectivity index (χ2n) is 6.10. The number of carbonyl (C=O) groups is 1. The number of rotatable bonds is 4. The monoisotopic (exact) mass is 339 g/mol. The van der Waals surface area contributed by atoms with Crippen molar-refractivity contribution in [2.45, 2.75) is 25.7 Å². The number of likely N-dealkylation sites (tertiary alicyclic amines) is 1. The van der Waals surface area contributed by atoms with Gasteiger partial charge >= 0.3 is 0 Å². The van der Waals surface area contributed by atoms with Gasteiger partial charge in [-0.1, -0.05) is 17.3 Å². The Balaban J connectivity index is 1.37.